The molecular formula is C17H21N3. The molecule has 4 rings (SSSR count). The van der Waals surface area contributed by atoms with E-state index in [4.69, 9.17) is 0 Å². The number of hydrogen-bond donors (Lipinski definition) is 1. The summed E-state index contributed by atoms with van der Waals surface area (Å²) in [6.45, 7) is 3.46. The van der Waals surface area contributed by atoms with E-state index in [-0.39, 0.29) is 0 Å². The number of anilines is 1. The minimum absolute atomic E-state index is 0.682. The SMILES string of the molecule is c1cnc2ccc(N3CCCNC(C4CC4)C3)cc2c1. The van der Waals surface area contributed by atoms with E-state index in [9.17, 15) is 0 Å². The molecule has 1 saturated carbocycles. The Morgan fingerprint density at radius 2 is 2.15 bits per heavy atom. The largest absolute Gasteiger partial charge is 0.370 e. The van der Waals surface area contributed by atoms with Crippen molar-refractivity contribution in [3.63, 3.8) is 0 Å². The average molecular weight is 267 g/mol. The molecule has 1 aromatic carbocycles. The van der Waals surface area contributed by atoms with Crippen molar-refractivity contribution in [1.82, 2.24) is 10.3 Å². The first-order chi connectivity index (χ1) is 9.90. The lowest BCUT2D eigenvalue weighted by Crippen LogP contribution is -2.39. The van der Waals surface area contributed by atoms with E-state index in [0.29, 0.717) is 6.04 Å². The van der Waals surface area contributed by atoms with Gasteiger partial charge >= 0.3 is 0 Å². The van der Waals surface area contributed by atoms with Crippen molar-refractivity contribution in [2.75, 3.05) is 24.5 Å². The van der Waals surface area contributed by atoms with Crippen LogP contribution in [0, 0.1) is 5.92 Å². The first kappa shape index (κ1) is 12.2. The van der Waals surface area contributed by atoms with Gasteiger partial charge in [0.2, 0.25) is 0 Å². The summed E-state index contributed by atoms with van der Waals surface area (Å²) in [4.78, 5) is 6.96. The van der Waals surface area contributed by atoms with Gasteiger partial charge in [0, 0.05) is 36.4 Å². The molecule has 2 aromatic rings. The van der Waals surface area contributed by atoms with Crippen LogP contribution >= 0.6 is 0 Å². The van der Waals surface area contributed by atoms with E-state index in [2.05, 4.69) is 39.5 Å². The smallest absolute Gasteiger partial charge is 0.0703 e. The van der Waals surface area contributed by atoms with Gasteiger partial charge in [0.25, 0.3) is 0 Å². The van der Waals surface area contributed by atoms with Crippen molar-refractivity contribution in [2.24, 2.45) is 5.92 Å². The molecule has 2 heterocycles. The van der Waals surface area contributed by atoms with Crippen molar-refractivity contribution in [1.29, 1.82) is 0 Å². The number of benzene rings is 1. The summed E-state index contributed by atoms with van der Waals surface area (Å²) in [5, 5.41) is 4.97. The number of hydrogen-bond acceptors (Lipinski definition) is 3. The topological polar surface area (TPSA) is 28.2 Å². The van der Waals surface area contributed by atoms with Crippen molar-refractivity contribution < 1.29 is 0 Å². The molecule has 0 amide bonds. The van der Waals surface area contributed by atoms with E-state index in [1.807, 2.05) is 12.3 Å². The lowest BCUT2D eigenvalue weighted by Gasteiger charge is -2.26. The molecule has 1 aromatic heterocycles. The second-order valence-electron chi connectivity index (χ2n) is 6.08. The minimum Gasteiger partial charge on any atom is -0.370 e. The number of fused-ring (bicyclic) bond motifs is 1. The summed E-state index contributed by atoms with van der Waals surface area (Å²) in [6, 6.07) is 11.5. The maximum atomic E-state index is 4.41. The summed E-state index contributed by atoms with van der Waals surface area (Å²) in [7, 11) is 0. The van der Waals surface area contributed by atoms with Crippen LogP contribution in [0.1, 0.15) is 19.3 Å². The summed E-state index contributed by atoms with van der Waals surface area (Å²) in [6.07, 6.45) is 5.91. The number of nitrogens with zero attached hydrogens (tertiary/aromatic N) is 2. The minimum atomic E-state index is 0.682. The molecule has 0 radical (unpaired) electrons. The van der Waals surface area contributed by atoms with Crippen LogP contribution in [0.4, 0.5) is 5.69 Å². The molecule has 20 heavy (non-hydrogen) atoms. The fourth-order valence-electron chi connectivity index (χ4n) is 3.26. The summed E-state index contributed by atoms with van der Waals surface area (Å²) in [5.41, 5.74) is 2.43. The molecule has 0 bridgehead atoms. The molecule has 1 atom stereocenters. The molecule has 3 nitrogen and oxygen atoms in total. The van der Waals surface area contributed by atoms with E-state index in [1.54, 1.807) is 0 Å². The maximum Gasteiger partial charge on any atom is 0.0703 e. The first-order valence-electron chi connectivity index (χ1n) is 7.73. The van der Waals surface area contributed by atoms with Crippen LogP contribution in [0.25, 0.3) is 10.9 Å². The number of rotatable bonds is 2. The monoisotopic (exact) mass is 267 g/mol. The van der Waals surface area contributed by atoms with Crippen LogP contribution in [0.5, 0.6) is 0 Å². The highest BCUT2D eigenvalue weighted by molar-refractivity contribution is 5.82. The lowest BCUT2D eigenvalue weighted by atomic mass is 10.1. The summed E-state index contributed by atoms with van der Waals surface area (Å²) in [5.74, 6) is 0.915. The molecule has 0 spiro atoms. The van der Waals surface area contributed by atoms with Crippen LogP contribution in [0.15, 0.2) is 36.5 Å². The van der Waals surface area contributed by atoms with Crippen molar-refractivity contribution in [3.8, 4) is 0 Å². The van der Waals surface area contributed by atoms with Gasteiger partial charge in [-0.25, -0.2) is 0 Å². The van der Waals surface area contributed by atoms with Crippen molar-refractivity contribution in [2.45, 2.75) is 25.3 Å². The number of pyridine rings is 1. The first-order valence-corrected chi connectivity index (χ1v) is 7.73. The Hall–Kier alpha value is -1.61. The lowest BCUT2D eigenvalue weighted by molar-refractivity contribution is 0.490. The third-order valence-corrected chi connectivity index (χ3v) is 4.57. The third-order valence-electron chi connectivity index (χ3n) is 4.57. The van der Waals surface area contributed by atoms with E-state index < -0.39 is 0 Å². The molecule has 1 aliphatic carbocycles. The van der Waals surface area contributed by atoms with E-state index >= 15 is 0 Å². The van der Waals surface area contributed by atoms with Crippen molar-refractivity contribution >= 4 is 16.6 Å². The van der Waals surface area contributed by atoms with Crippen LogP contribution in [0.2, 0.25) is 0 Å². The molecule has 1 aliphatic heterocycles. The zero-order chi connectivity index (χ0) is 13.4. The van der Waals surface area contributed by atoms with E-state index in [1.165, 1.54) is 30.3 Å². The van der Waals surface area contributed by atoms with Gasteiger partial charge in [-0.15, -0.1) is 0 Å². The Kier molecular flexibility index (Phi) is 3.07. The molecule has 104 valence electrons. The Morgan fingerprint density at radius 3 is 3.05 bits per heavy atom. The predicted octanol–water partition coefficient (Wildman–Crippen LogP) is 2.81. The molecule has 1 unspecified atom stereocenters. The Morgan fingerprint density at radius 1 is 1.20 bits per heavy atom. The van der Waals surface area contributed by atoms with Gasteiger partial charge in [-0.3, -0.25) is 4.98 Å². The van der Waals surface area contributed by atoms with Gasteiger partial charge in [-0.1, -0.05) is 6.07 Å². The fraction of sp³-hybridized carbons (Fsp3) is 0.471. The van der Waals surface area contributed by atoms with Gasteiger partial charge in [0.05, 0.1) is 5.52 Å². The van der Waals surface area contributed by atoms with Crippen LogP contribution in [0.3, 0.4) is 0 Å². The average Bonchev–Trinajstić information content (AvgIpc) is 3.32. The highest BCUT2D eigenvalue weighted by Crippen LogP contribution is 2.34. The predicted molar refractivity (Wildman–Crippen MR) is 83.1 cm³/mol. The highest BCUT2D eigenvalue weighted by atomic mass is 15.2. The second kappa shape index (κ2) is 5.06. The zero-order valence-electron chi connectivity index (χ0n) is 11.8. The van der Waals surface area contributed by atoms with E-state index in [0.717, 1.165) is 31.1 Å². The zero-order valence-corrected chi connectivity index (χ0v) is 11.8. The standard InChI is InChI=1S/C17H21N3/c1-3-14-11-15(6-7-16(14)18-8-1)20-10-2-9-19-17(12-20)13-4-5-13/h1,3,6-8,11,13,17,19H,2,4-5,9-10,12H2. The Labute approximate surface area is 120 Å². The van der Waals surface area contributed by atoms with Gasteiger partial charge < -0.3 is 10.2 Å². The molecule has 2 fully saturated rings. The summed E-state index contributed by atoms with van der Waals surface area (Å²) >= 11 is 0. The number of aromatic nitrogens is 1. The molecule has 1 N–H and O–H groups in total. The Balaban J connectivity index is 1.62. The van der Waals surface area contributed by atoms with Crippen LogP contribution in [-0.2, 0) is 0 Å². The highest BCUT2D eigenvalue weighted by Gasteiger charge is 2.33. The number of nitrogens with one attached hydrogen (secondary N) is 1. The van der Waals surface area contributed by atoms with Gasteiger partial charge in [0.15, 0.2) is 0 Å². The molecule has 2 aliphatic rings. The molecular weight excluding hydrogens is 246 g/mol. The maximum absolute atomic E-state index is 4.41. The quantitative estimate of drug-likeness (QED) is 0.907. The fourth-order valence-corrected chi connectivity index (χ4v) is 3.26. The van der Waals surface area contributed by atoms with Gasteiger partial charge in [0.1, 0.15) is 0 Å². The third kappa shape index (κ3) is 2.38. The molecule has 1 saturated heterocycles. The molecule has 3 heteroatoms. The van der Waals surface area contributed by atoms with Crippen LogP contribution < -0.4 is 10.2 Å². The van der Waals surface area contributed by atoms with Crippen molar-refractivity contribution in [3.05, 3.63) is 36.5 Å². The second-order valence-corrected chi connectivity index (χ2v) is 6.08. The summed E-state index contributed by atoms with van der Waals surface area (Å²) < 4.78 is 0. The Bertz CT molecular complexity index is 606. The van der Waals surface area contributed by atoms with Crippen LogP contribution in [-0.4, -0.2) is 30.7 Å². The normalized spacial score (nSPS) is 23.8. The van der Waals surface area contributed by atoms with Gasteiger partial charge in [-0.05, 0) is 56.0 Å². The van der Waals surface area contributed by atoms with Gasteiger partial charge in [-0.2, -0.15) is 0 Å².